The molecule has 0 saturated carbocycles. The van der Waals surface area contributed by atoms with Crippen molar-refractivity contribution in [2.75, 3.05) is 6.61 Å². The first-order chi connectivity index (χ1) is 7.20. The number of allylic oxidation sites excluding steroid dienone is 2. The Hall–Kier alpha value is -1.76. The van der Waals surface area contributed by atoms with E-state index < -0.39 is 11.6 Å². The van der Waals surface area contributed by atoms with Crippen molar-refractivity contribution in [3.05, 3.63) is 24.4 Å². The topological polar surface area (TPSA) is 53.3 Å². The maximum atomic E-state index is 11.6. The highest BCUT2D eigenvalue weighted by atomic mass is 16.6. The molecule has 0 aromatic carbocycles. The fourth-order valence-corrected chi connectivity index (χ4v) is 1.44. The molecule has 1 amide bonds. The highest BCUT2D eigenvalue weighted by Gasteiger charge is 2.37. The Balaban J connectivity index is 2.95. The molecule has 0 aromatic rings. The minimum atomic E-state index is -0.902. The summed E-state index contributed by atoms with van der Waals surface area (Å²) in [5.41, 5.74) is -0.902. The van der Waals surface area contributed by atoms with Gasteiger partial charge in [0.25, 0.3) is 0 Å². The van der Waals surface area contributed by atoms with E-state index in [-0.39, 0.29) is 0 Å². The van der Waals surface area contributed by atoms with Gasteiger partial charge in [0.2, 0.25) is 0 Å². The molecule has 0 radical (unpaired) electrons. The molecule has 15 heavy (non-hydrogen) atoms. The highest BCUT2D eigenvalue weighted by molar-refractivity contribution is 5.72. The van der Waals surface area contributed by atoms with Gasteiger partial charge >= 0.3 is 6.09 Å². The average molecular weight is 206 g/mol. The van der Waals surface area contributed by atoms with Crippen LogP contribution in [0.15, 0.2) is 24.4 Å². The van der Waals surface area contributed by atoms with Crippen LogP contribution in [-0.4, -0.2) is 23.1 Å². The van der Waals surface area contributed by atoms with Gasteiger partial charge in [-0.15, -0.1) is 0 Å². The lowest BCUT2D eigenvalue weighted by Gasteiger charge is -2.33. The van der Waals surface area contributed by atoms with Gasteiger partial charge in [-0.3, -0.25) is 4.90 Å². The second-order valence-electron chi connectivity index (χ2n) is 3.16. The molecule has 0 fully saturated rings. The van der Waals surface area contributed by atoms with E-state index in [4.69, 9.17) is 10.00 Å². The van der Waals surface area contributed by atoms with E-state index in [0.717, 1.165) is 0 Å². The summed E-state index contributed by atoms with van der Waals surface area (Å²) in [4.78, 5) is 12.9. The third kappa shape index (κ3) is 2.01. The Kier molecular flexibility index (Phi) is 3.51. The number of amides is 1. The van der Waals surface area contributed by atoms with Crippen molar-refractivity contribution in [2.24, 2.45) is 0 Å². The summed E-state index contributed by atoms with van der Waals surface area (Å²) in [6, 6.07) is 2.14. The molecule has 1 unspecified atom stereocenters. The van der Waals surface area contributed by atoms with Crippen molar-refractivity contribution in [2.45, 2.75) is 25.8 Å². The Morgan fingerprint density at radius 3 is 2.80 bits per heavy atom. The van der Waals surface area contributed by atoms with Crippen molar-refractivity contribution in [3.63, 3.8) is 0 Å². The van der Waals surface area contributed by atoms with Gasteiger partial charge in [-0.25, -0.2) is 4.79 Å². The molecular formula is C11H14N2O2. The molecule has 0 bridgehead atoms. The lowest BCUT2D eigenvalue weighted by Crippen LogP contribution is -2.47. The number of carbonyl (C=O) groups is 1. The molecule has 4 heteroatoms. The number of ether oxygens (including phenoxy) is 1. The quantitative estimate of drug-likeness (QED) is 0.696. The molecule has 0 aliphatic carbocycles. The predicted octanol–water partition coefficient (Wildman–Crippen LogP) is 2.20. The fraction of sp³-hybridized carbons (Fsp3) is 0.455. The van der Waals surface area contributed by atoms with Crippen LogP contribution in [0.4, 0.5) is 4.79 Å². The molecule has 0 spiro atoms. The number of rotatable bonds is 2. The van der Waals surface area contributed by atoms with Gasteiger partial charge in [0.15, 0.2) is 5.54 Å². The second-order valence-corrected chi connectivity index (χ2v) is 3.16. The van der Waals surface area contributed by atoms with Crippen LogP contribution in [0, 0.1) is 11.3 Å². The van der Waals surface area contributed by atoms with Crippen molar-refractivity contribution in [1.82, 2.24) is 4.90 Å². The standard InChI is InChI=1S/C11H14N2O2/c1-3-11(9-12)7-5-6-8-13(11)10(14)15-4-2/h5-8H,3-4H2,1-2H3. The lowest BCUT2D eigenvalue weighted by molar-refractivity contribution is 0.103. The first-order valence-corrected chi connectivity index (χ1v) is 4.93. The summed E-state index contributed by atoms with van der Waals surface area (Å²) in [7, 11) is 0. The maximum Gasteiger partial charge on any atom is 0.415 e. The molecule has 0 aromatic heterocycles. The Morgan fingerprint density at radius 1 is 1.53 bits per heavy atom. The van der Waals surface area contributed by atoms with Crippen molar-refractivity contribution < 1.29 is 9.53 Å². The second kappa shape index (κ2) is 4.65. The minimum absolute atomic E-state index is 0.304. The van der Waals surface area contributed by atoms with Crippen LogP contribution < -0.4 is 0 Å². The Labute approximate surface area is 89.4 Å². The number of carbonyl (C=O) groups excluding carboxylic acids is 1. The zero-order valence-electron chi connectivity index (χ0n) is 8.93. The summed E-state index contributed by atoms with van der Waals surface area (Å²) in [5.74, 6) is 0. The van der Waals surface area contributed by atoms with E-state index in [9.17, 15) is 4.79 Å². The Morgan fingerprint density at radius 2 is 2.27 bits per heavy atom. The molecule has 1 rings (SSSR count). The first kappa shape index (κ1) is 11.3. The van der Waals surface area contributed by atoms with Gasteiger partial charge < -0.3 is 4.74 Å². The summed E-state index contributed by atoms with van der Waals surface area (Å²) in [6.07, 6.45) is 6.81. The molecule has 1 atom stereocenters. The molecule has 0 saturated heterocycles. The smallest absolute Gasteiger partial charge is 0.415 e. The minimum Gasteiger partial charge on any atom is -0.449 e. The van der Waals surface area contributed by atoms with E-state index in [1.54, 1.807) is 31.4 Å². The summed E-state index contributed by atoms with van der Waals surface area (Å²) < 4.78 is 4.89. The maximum absolute atomic E-state index is 11.6. The summed E-state index contributed by atoms with van der Waals surface area (Å²) in [6.45, 7) is 3.90. The van der Waals surface area contributed by atoms with Crippen LogP contribution in [-0.2, 0) is 4.74 Å². The van der Waals surface area contributed by atoms with Crippen molar-refractivity contribution >= 4 is 6.09 Å². The predicted molar refractivity (Wildman–Crippen MR) is 55.8 cm³/mol. The zero-order valence-corrected chi connectivity index (χ0v) is 8.93. The van der Waals surface area contributed by atoms with E-state index in [1.807, 2.05) is 6.92 Å². The van der Waals surface area contributed by atoms with E-state index in [2.05, 4.69) is 6.07 Å². The fourth-order valence-electron chi connectivity index (χ4n) is 1.44. The summed E-state index contributed by atoms with van der Waals surface area (Å²) in [5, 5.41) is 9.14. The molecule has 0 N–H and O–H groups in total. The van der Waals surface area contributed by atoms with Crippen LogP contribution in [0.5, 0.6) is 0 Å². The van der Waals surface area contributed by atoms with Crippen molar-refractivity contribution in [1.29, 1.82) is 5.26 Å². The van der Waals surface area contributed by atoms with Gasteiger partial charge in [-0.05, 0) is 25.5 Å². The molecule has 1 aliphatic rings. The monoisotopic (exact) mass is 206 g/mol. The van der Waals surface area contributed by atoms with Gasteiger partial charge in [-0.2, -0.15) is 5.26 Å². The first-order valence-electron chi connectivity index (χ1n) is 4.93. The largest absolute Gasteiger partial charge is 0.449 e. The van der Waals surface area contributed by atoms with Crippen molar-refractivity contribution in [3.8, 4) is 6.07 Å². The third-order valence-corrected chi connectivity index (χ3v) is 2.35. The van der Waals surface area contributed by atoms with E-state index in [0.29, 0.717) is 13.0 Å². The van der Waals surface area contributed by atoms with E-state index in [1.165, 1.54) is 4.90 Å². The number of hydrogen-bond acceptors (Lipinski definition) is 3. The van der Waals surface area contributed by atoms with Crippen LogP contribution in [0.1, 0.15) is 20.3 Å². The van der Waals surface area contributed by atoms with Crippen LogP contribution in [0.3, 0.4) is 0 Å². The highest BCUT2D eigenvalue weighted by Crippen LogP contribution is 2.25. The van der Waals surface area contributed by atoms with Gasteiger partial charge in [-0.1, -0.05) is 13.0 Å². The normalized spacial score (nSPS) is 23.7. The molecular weight excluding hydrogens is 192 g/mol. The number of hydrogen-bond donors (Lipinski definition) is 0. The van der Waals surface area contributed by atoms with Crippen LogP contribution in [0.2, 0.25) is 0 Å². The number of nitrogens with zero attached hydrogens (tertiary/aromatic N) is 2. The molecule has 80 valence electrons. The molecule has 1 heterocycles. The Bertz CT molecular complexity index is 341. The average Bonchev–Trinajstić information content (AvgIpc) is 2.29. The van der Waals surface area contributed by atoms with Crippen LogP contribution in [0.25, 0.3) is 0 Å². The number of nitriles is 1. The van der Waals surface area contributed by atoms with Gasteiger partial charge in [0.05, 0.1) is 12.7 Å². The molecule has 4 nitrogen and oxygen atoms in total. The summed E-state index contributed by atoms with van der Waals surface area (Å²) >= 11 is 0. The third-order valence-electron chi connectivity index (χ3n) is 2.35. The van der Waals surface area contributed by atoms with Crippen LogP contribution >= 0.6 is 0 Å². The van der Waals surface area contributed by atoms with E-state index >= 15 is 0 Å². The van der Waals surface area contributed by atoms with Gasteiger partial charge in [0.1, 0.15) is 0 Å². The molecule has 1 aliphatic heterocycles. The SMILES string of the molecule is CCOC(=O)N1C=CC=CC1(C#N)CC. The zero-order chi connectivity index (χ0) is 11.3. The lowest BCUT2D eigenvalue weighted by atomic mass is 9.94. The van der Waals surface area contributed by atoms with Gasteiger partial charge in [0, 0.05) is 6.20 Å².